The summed E-state index contributed by atoms with van der Waals surface area (Å²) in [4.78, 5) is 37.0. The molecule has 24 heteroatoms. The van der Waals surface area contributed by atoms with Crippen LogP contribution in [0.15, 0.2) is 110 Å². The van der Waals surface area contributed by atoms with Crippen LogP contribution in [0.25, 0.3) is 12.2 Å². The van der Waals surface area contributed by atoms with Crippen molar-refractivity contribution in [1.82, 2.24) is 0 Å². The van der Waals surface area contributed by atoms with E-state index in [4.69, 9.17) is 0 Å². The summed E-state index contributed by atoms with van der Waals surface area (Å²) in [5.41, 5.74) is 3.67. The molecule has 0 bridgehead atoms. The number of aryl methyl sites for hydroxylation is 1. The van der Waals surface area contributed by atoms with Crippen LogP contribution in [0.4, 0.5) is 27.5 Å². The zero-order chi connectivity index (χ0) is 39.9. The Labute approximate surface area is 397 Å². The Morgan fingerprint density at radius 1 is 0.552 bits per heavy atom. The Morgan fingerprint density at radius 2 is 0.983 bits per heavy atom. The van der Waals surface area contributed by atoms with E-state index in [0.717, 1.165) is 18.2 Å². The number of nitrogens with zero attached hydrogens (tertiary/aromatic N) is 2. The van der Waals surface area contributed by atoms with Crippen LogP contribution in [0, 0.1) is 6.92 Å². The van der Waals surface area contributed by atoms with Gasteiger partial charge in [-0.2, -0.15) is 10.2 Å². The zero-order valence-electron chi connectivity index (χ0n) is 30.8. The summed E-state index contributed by atoms with van der Waals surface area (Å²) in [6.45, 7) is 1.37. The van der Waals surface area contributed by atoms with Crippen molar-refractivity contribution in [2.24, 2.45) is 10.2 Å². The zero-order valence-corrected chi connectivity index (χ0v) is 39.2. The minimum Gasteiger partial charge on any atom is -0.744 e. The number of fused-ring (bicyclic) bond motifs is 2. The largest absolute Gasteiger partial charge is 1.00 e. The number of Topliss-reactive ketones (excluding diaryl/α,β-unsaturated/α-hetero) is 2. The van der Waals surface area contributed by atoms with Crippen molar-refractivity contribution >= 4 is 94.3 Å². The summed E-state index contributed by atoms with van der Waals surface area (Å²) in [7, 11) is -15.4. The monoisotopic (exact) mass is 872 g/mol. The van der Waals surface area contributed by atoms with Gasteiger partial charge in [-0.15, -0.1) is 0 Å². The van der Waals surface area contributed by atoms with Gasteiger partial charge >= 0.3 is 94.7 Å². The van der Waals surface area contributed by atoms with Crippen LogP contribution < -0.4 is 110 Å². The molecule has 2 aliphatic rings. The van der Waals surface area contributed by atoms with E-state index in [1.165, 1.54) is 55.5 Å². The molecule has 282 valence electrons. The van der Waals surface area contributed by atoms with Gasteiger partial charge in [0.2, 0.25) is 11.6 Å². The first-order chi connectivity index (χ1) is 25.8. The first-order valence-corrected chi connectivity index (χ1v) is 19.6. The second-order valence-electron chi connectivity index (χ2n) is 11.7. The number of allylic oxidation sites excluding steroid dienone is 2. The van der Waals surface area contributed by atoms with Crippen molar-refractivity contribution in [3.05, 3.63) is 123 Å². The van der Waals surface area contributed by atoms with Crippen molar-refractivity contribution in [3.63, 3.8) is 0 Å². The van der Waals surface area contributed by atoms with Crippen LogP contribution in [0.1, 0.15) is 37.4 Å². The molecule has 0 aliphatic heterocycles. The molecule has 0 saturated carbocycles. The number of nitrogens with one attached hydrogen (secondary N) is 4. The first-order valence-electron chi connectivity index (χ1n) is 15.4. The number of carbonyl (C=O) groups is 3. The van der Waals surface area contributed by atoms with Crippen molar-refractivity contribution in [3.8, 4) is 0 Å². The van der Waals surface area contributed by atoms with E-state index in [1.807, 2.05) is 0 Å². The van der Waals surface area contributed by atoms with Crippen LogP contribution in [-0.2, 0) is 30.4 Å². The second-order valence-corrected chi connectivity index (χ2v) is 15.8. The molecule has 0 fully saturated rings. The topological polar surface area (TPSA) is 296 Å². The van der Waals surface area contributed by atoms with Gasteiger partial charge in [0.15, 0.2) is 0 Å². The average Bonchev–Trinajstić information content (AvgIpc) is 3.10. The Hall–Kier alpha value is -3.36. The fourth-order valence-corrected chi connectivity index (χ4v) is 7.44. The van der Waals surface area contributed by atoms with Crippen LogP contribution in [0.3, 0.4) is 0 Å². The number of amides is 2. The normalized spacial score (nSPS) is 15.0. The average molecular weight is 873 g/mol. The van der Waals surface area contributed by atoms with E-state index in [-0.39, 0.29) is 134 Å². The number of para-hydroxylation sites is 1. The quantitative estimate of drug-likeness (QED) is 0.0694. The van der Waals surface area contributed by atoms with E-state index in [1.54, 1.807) is 30.3 Å². The molecule has 2 aliphatic carbocycles. The molecule has 58 heavy (non-hydrogen) atoms. The Bertz CT molecular complexity index is 2820. The van der Waals surface area contributed by atoms with Gasteiger partial charge in [-0.3, -0.25) is 20.4 Å². The molecule has 0 atom stereocenters. The summed E-state index contributed by atoms with van der Waals surface area (Å²) in [5, 5.41) is 12.5. The molecule has 6 rings (SSSR count). The van der Waals surface area contributed by atoms with Crippen LogP contribution in [0.2, 0.25) is 0 Å². The van der Waals surface area contributed by atoms with E-state index in [0.29, 0.717) is 5.69 Å². The molecule has 0 spiro atoms. The molecule has 0 heterocycles. The van der Waals surface area contributed by atoms with Gasteiger partial charge in [0, 0.05) is 22.5 Å². The number of rotatable bonds is 9. The van der Waals surface area contributed by atoms with Gasteiger partial charge in [-0.1, -0.05) is 24.3 Å². The minimum absolute atomic E-state index is 0. The Morgan fingerprint density at radius 3 is 1.41 bits per heavy atom. The number of hydrogen-bond acceptors (Lipinski definition) is 16. The molecule has 2 amide bonds. The predicted molar refractivity (Wildman–Crippen MR) is 197 cm³/mol. The molecule has 4 aromatic rings. The molecule has 4 N–H and O–H groups in total. The number of hydrazone groups is 2. The molecular formula is C34H23N6Na3O12S3. The smallest absolute Gasteiger partial charge is 0.744 e. The Balaban J connectivity index is 0.00000300. The van der Waals surface area contributed by atoms with E-state index in [2.05, 4.69) is 31.7 Å². The van der Waals surface area contributed by atoms with E-state index < -0.39 is 74.1 Å². The molecule has 4 aromatic carbocycles. The van der Waals surface area contributed by atoms with Crippen molar-refractivity contribution in [1.29, 1.82) is 0 Å². The Kier molecular flexibility index (Phi) is 16.4. The number of carbonyl (C=O) groups excluding carboxylic acids is 3. The van der Waals surface area contributed by atoms with Gasteiger partial charge in [0.25, 0.3) is 0 Å². The predicted octanol–water partition coefficient (Wildman–Crippen LogP) is -5.34. The summed E-state index contributed by atoms with van der Waals surface area (Å²) < 4.78 is 108. The van der Waals surface area contributed by atoms with Crippen LogP contribution in [0.5, 0.6) is 0 Å². The number of anilines is 4. The number of urea groups is 1. The van der Waals surface area contributed by atoms with E-state index in [9.17, 15) is 53.3 Å². The van der Waals surface area contributed by atoms with Crippen molar-refractivity contribution < 1.29 is 142 Å². The molecule has 0 aromatic heterocycles. The maximum absolute atomic E-state index is 13.3. The van der Waals surface area contributed by atoms with Crippen molar-refractivity contribution in [2.75, 3.05) is 21.5 Å². The summed E-state index contributed by atoms with van der Waals surface area (Å²) in [6.07, 6.45) is 1.80. The molecule has 18 nitrogen and oxygen atoms in total. The van der Waals surface area contributed by atoms with E-state index >= 15 is 0 Å². The number of benzene rings is 4. The van der Waals surface area contributed by atoms with Crippen LogP contribution >= 0.6 is 0 Å². The number of hydrogen-bond donors (Lipinski definition) is 4. The third kappa shape index (κ3) is 11.3. The molecular weight excluding hydrogens is 850 g/mol. The summed E-state index contributed by atoms with van der Waals surface area (Å²) >= 11 is 0. The third-order valence-electron chi connectivity index (χ3n) is 7.94. The maximum atomic E-state index is 13.3. The molecule has 0 unspecified atom stereocenters. The van der Waals surface area contributed by atoms with Gasteiger partial charge in [-0.05, 0) is 96.4 Å². The minimum atomic E-state index is -5.34. The summed E-state index contributed by atoms with van der Waals surface area (Å²) in [5.74, 6) is -1.88. The number of ketones is 2. The molecule has 0 radical (unpaired) electrons. The van der Waals surface area contributed by atoms with Gasteiger partial charge in [0.1, 0.15) is 41.8 Å². The fraction of sp³-hybridized carbons (Fsp3) is 0.0294. The fourth-order valence-electron chi connectivity index (χ4n) is 5.41. The van der Waals surface area contributed by atoms with Crippen molar-refractivity contribution in [2.45, 2.75) is 11.8 Å². The van der Waals surface area contributed by atoms with Gasteiger partial charge in [-0.25, -0.2) is 30.0 Å². The van der Waals surface area contributed by atoms with Gasteiger partial charge in [0.05, 0.1) is 26.1 Å². The summed E-state index contributed by atoms with van der Waals surface area (Å²) in [6, 6.07) is 18.4. The standard InChI is InChI=1S/C34H26N6O12S3.3Na/c1-18-7-8-24(17-27(18)53(44,45)46)38-40-31-29(55(50,51)52)16-20-14-23(10-12-26(20)33(31)42)36-34(43)35-22-9-11-25-19(13-22)15-28(54(47,48)49)30(32(25)41)39-37-21-5-3-2-4-6-21;;;/h2-17,37-38H,1H3,(H2,35,36,43)(H,44,45,46)(H,47,48,49)(H,50,51,52);;;/q;3*+1/p-3/b39-30-,40-31+;;;. The SMILES string of the molecule is Cc1ccc(N/N=C2/C(=O)c3ccc(NC(=O)Nc4ccc5c(c4)C=C(S(=O)(=O)[O-])/C(=N/Nc4ccccc4)C5=O)cc3C=C2S(=O)(=O)[O-])cc1S(=O)(=O)[O-].[Na+].[Na+].[Na+]. The van der Waals surface area contributed by atoms with Crippen LogP contribution in [-0.4, -0.2) is 67.9 Å². The second kappa shape index (κ2) is 19.4. The molecule has 0 saturated heterocycles. The van der Waals surface area contributed by atoms with Gasteiger partial charge < -0.3 is 24.3 Å². The third-order valence-corrected chi connectivity index (χ3v) is 10.6. The first kappa shape index (κ1) is 49.0. The maximum Gasteiger partial charge on any atom is 1.00 e.